The molecule has 0 aliphatic carbocycles. The monoisotopic (exact) mass is 258 g/mol. The summed E-state index contributed by atoms with van der Waals surface area (Å²) in [6.45, 7) is 9.11. The Hall–Kier alpha value is -1.28. The molecule has 0 aliphatic heterocycles. The molecule has 0 bridgehead atoms. The van der Waals surface area contributed by atoms with E-state index in [0.717, 1.165) is 31.3 Å². The van der Waals surface area contributed by atoms with Crippen molar-refractivity contribution in [1.82, 2.24) is 10.3 Å². The lowest BCUT2D eigenvalue weighted by atomic mass is 9.99. The van der Waals surface area contributed by atoms with Gasteiger partial charge in [0.1, 0.15) is 0 Å². The van der Waals surface area contributed by atoms with Crippen LogP contribution in [0.2, 0.25) is 0 Å². The summed E-state index contributed by atoms with van der Waals surface area (Å²) >= 11 is 0. The molecule has 2 N–H and O–H groups in total. The molecule has 1 unspecified atom stereocenters. The molecule has 2 nitrogen and oxygen atoms in total. The fraction of sp³-hybridized carbons (Fsp3) is 0.529. The van der Waals surface area contributed by atoms with Crippen LogP contribution in [0.4, 0.5) is 0 Å². The lowest BCUT2D eigenvalue weighted by Crippen LogP contribution is -2.24. The van der Waals surface area contributed by atoms with Crippen LogP contribution in [0.1, 0.15) is 32.8 Å². The van der Waals surface area contributed by atoms with Crippen LogP contribution in [0.5, 0.6) is 0 Å². The normalized spacial score (nSPS) is 13.3. The van der Waals surface area contributed by atoms with Crippen molar-refractivity contribution in [2.24, 2.45) is 11.8 Å². The zero-order valence-electron chi connectivity index (χ0n) is 12.4. The van der Waals surface area contributed by atoms with Crippen LogP contribution in [0.25, 0.3) is 10.9 Å². The topological polar surface area (TPSA) is 27.8 Å². The summed E-state index contributed by atoms with van der Waals surface area (Å²) in [5.74, 6) is 1.56. The number of aromatic nitrogens is 1. The van der Waals surface area contributed by atoms with Gasteiger partial charge in [-0.3, -0.25) is 0 Å². The first-order valence-corrected chi connectivity index (χ1v) is 7.42. The van der Waals surface area contributed by atoms with Crippen molar-refractivity contribution in [1.29, 1.82) is 0 Å². The minimum Gasteiger partial charge on any atom is -0.361 e. The molecular weight excluding hydrogens is 232 g/mol. The van der Waals surface area contributed by atoms with Crippen LogP contribution >= 0.6 is 0 Å². The van der Waals surface area contributed by atoms with Gasteiger partial charge in [-0.1, -0.05) is 39.0 Å². The highest BCUT2D eigenvalue weighted by atomic mass is 14.9. The number of H-pyrrole nitrogens is 1. The number of fused-ring (bicyclic) bond motifs is 1. The molecule has 0 saturated carbocycles. The summed E-state index contributed by atoms with van der Waals surface area (Å²) in [5, 5.41) is 4.94. The highest BCUT2D eigenvalue weighted by Gasteiger charge is 2.05. The molecule has 1 aromatic carbocycles. The van der Waals surface area contributed by atoms with Crippen LogP contribution in [0.15, 0.2) is 30.5 Å². The Morgan fingerprint density at radius 2 is 1.95 bits per heavy atom. The number of rotatable bonds is 7. The van der Waals surface area contributed by atoms with Crippen LogP contribution in [0.3, 0.4) is 0 Å². The highest BCUT2D eigenvalue weighted by molar-refractivity contribution is 5.83. The van der Waals surface area contributed by atoms with Gasteiger partial charge in [0, 0.05) is 17.1 Å². The zero-order chi connectivity index (χ0) is 13.7. The minimum absolute atomic E-state index is 0.767. The summed E-state index contributed by atoms with van der Waals surface area (Å²) in [6.07, 6.45) is 4.54. The van der Waals surface area contributed by atoms with E-state index in [9.17, 15) is 0 Å². The molecule has 0 amide bonds. The summed E-state index contributed by atoms with van der Waals surface area (Å²) in [7, 11) is 0. The van der Waals surface area contributed by atoms with Gasteiger partial charge in [-0.25, -0.2) is 0 Å². The van der Waals surface area contributed by atoms with E-state index in [1.54, 1.807) is 0 Å². The molecule has 1 atom stereocenters. The Morgan fingerprint density at radius 3 is 2.74 bits per heavy atom. The van der Waals surface area contributed by atoms with Gasteiger partial charge in [0.15, 0.2) is 0 Å². The molecule has 19 heavy (non-hydrogen) atoms. The van der Waals surface area contributed by atoms with Gasteiger partial charge >= 0.3 is 0 Å². The first-order valence-electron chi connectivity index (χ1n) is 7.42. The van der Waals surface area contributed by atoms with Gasteiger partial charge in [-0.2, -0.15) is 0 Å². The van der Waals surface area contributed by atoms with Crippen LogP contribution in [-0.2, 0) is 6.42 Å². The van der Waals surface area contributed by atoms with Crippen LogP contribution in [0, 0.1) is 11.8 Å². The molecule has 0 fully saturated rings. The third-order valence-electron chi connectivity index (χ3n) is 3.61. The van der Waals surface area contributed by atoms with Crippen molar-refractivity contribution < 1.29 is 0 Å². The molecule has 2 aromatic rings. The Bertz CT molecular complexity index is 499. The van der Waals surface area contributed by atoms with E-state index in [0.29, 0.717) is 0 Å². The predicted molar refractivity (Wildman–Crippen MR) is 83.5 cm³/mol. The largest absolute Gasteiger partial charge is 0.361 e. The van der Waals surface area contributed by atoms with Gasteiger partial charge in [0.05, 0.1) is 0 Å². The number of hydrogen-bond donors (Lipinski definition) is 2. The lowest BCUT2D eigenvalue weighted by Gasteiger charge is -2.14. The van der Waals surface area contributed by atoms with Gasteiger partial charge in [-0.15, -0.1) is 0 Å². The average molecular weight is 258 g/mol. The van der Waals surface area contributed by atoms with Crippen molar-refractivity contribution in [2.45, 2.75) is 33.6 Å². The molecule has 0 radical (unpaired) electrons. The second-order valence-corrected chi connectivity index (χ2v) is 6.05. The van der Waals surface area contributed by atoms with Crippen molar-refractivity contribution in [3.63, 3.8) is 0 Å². The SMILES string of the molecule is CC(C)CC(C)CNCCc1c[nH]c2ccccc12. The molecule has 2 rings (SSSR count). The summed E-state index contributed by atoms with van der Waals surface area (Å²) in [5.41, 5.74) is 2.66. The van der Waals surface area contributed by atoms with Crippen LogP contribution in [-0.4, -0.2) is 18.1 Å². The van der Waals surface area contributed by atoms with E-state index < -0.39 is 0 Å². The second kappa shape index (κ2) is 6.76. The molecule has 1 aromatic heterocycles. The molecule has 0 spiro atoms. The fourth-order valence-electron chi connectivity index (χ4n) is 2.80. The maximum absolute atomic E-state index is 3.58. The summed E-state index contributed by atoms with van der Waals surface area (Å²) < 4.78 is 0. The Labute approximate surface area is 116 Å². The van der Waals surface area contributed by atoms with E-state index in [-0.39, 0.29) is 0 Å². The van der Waals surface area contributed by atoms with Gasteiger partial charge in [0.2, 0.25) is 0 Å². The van der Waals surface area contributed by atoms with Gasteiger partial charge in [-0.05, 0) is 49.4 Å². The van der Waals surface area contributed by atoms with E-state index in [1.807, 2.05) is 0 Å². The fourth-order valence-corrected chi connectivity index (χ4v) is 2.80. The number of para-hydroxylation sites is 1. The summed E-state index contributed by atoms with van der Waals surface area (Å²) in [4.78, 5) is 3.34. The number of benzene rings is 1. The highest BCUT2D eigenvalue weighted by Crippen LogP contribution is 2.17. The van der Waals surface area contributed by atoms with Crippen LogP contribution < -0.4 is 5.32 Å². The molecule has 1 heterocycles. The third-order valence-corrected chi connectivity index (χ3v) is 3.61. The second-order valence-electron chi connectivity index (χ2n) is 6.05. The van der Waals surface area contributed by atoms with Crippen molar-refractivity contribution in [2.75, 3.05) is 13.1 Å². The van der Waals surface area contributed by atoms with Gasteiger partial charge in [0.25, 0.3) is 0 Å². The Kier molecular flexibility index (Phi) is 5.03. The molecule has 2 heteroatoms. The van der Waals surface area contributed by atoms with E-state index in [1.165, 1.54) is 22.9 Å². The van der Waals surface area contributed by atoms with Gasteiger partial charge < -0.3 is 10.3 Å². The first-order chi connectivity index (χ1) is 9.16. The minimum atomic E-state index is 0.767. The third kappa shape index (κ3) is 4.10. The van der Waals surface area contributed by atoms with Crippen molar-refractivity contribution in [3.8, 4) is 0 Å². The van der Waals surface area contributed by atoms with Crippen molar-refractivity contribution >= 4 is 10.9 Å². The maximum Gasteiger partial charge on any atom is 0.0456 e. The molecular formula is C17H26N2. The first kappa shape index (κ1) is 14.1. The summed E-state index contributed by atoms with van der Waals surface area (Å²) in [6, 6.07) is 8.52. The zero-order valence-corrected chi connectivity index (χ0v) is 12.4. The molecule has 0 aliphatic rings. The van der Waals surface area contributed by atoms with Crippen molar-refractivity contribution in [3.05, 3.63) is 36.0 Å². The molecule has 104 valence electrons. The predicted octanol–water partition coefficient (Wildman–Crippen LogP) is 3.98. The van der Waals surface area contributed by atoms with E-state index in [2.05, 4.69) is 61.5 Å². The smallest absolute Gasteiger partial charge is 0.0456 e. The number of nitrogens with one attached hydrogen (secondary N) is 2. The maximum atomic E-state index is 3.58. The Balaban J connectivity index is 1.77. The lowest BCUT2D eigenvalue weighted by molar-refractivity contribution is 0.415. The number of aromatic amines is 1. The quantitative estimate of drug-likeness (QED) is 0.722. The molecule has 0 saturated heterocycles. The number of hydrogen-bond acceptors (Lipinski definition) is 1. The standard InChI is InChI=1S/C17H26N2/c1-13(2)10-14(3)11-18-9-8-15-12-19-17-7-5-4-6-16(15)17/h4-7,12-14,18-19H,8-11H2,1-3H3. The van der Waals surface area contributed by atoms with E-state index >= 15 is 0 Å². The average Bonchev–Trinajstić information content (AvgIpc) is 2.77. The Morgan fingerprint density at radius 1 is 1.16 bits per heavy atom. The van der Waals surface area contributed by atoms with E-state index in [4.69, 9.17) is 0 Å².